The summed E-state index contributed by atoms with van der Waals surface area (Å²) >= 11 is 0. The molecule has 0 radical (unpaired) electrons. The van der Waals surface area contributed by atoms with Crippen molar-refractivity contribution in [2.45, 2.75) is 45.9 Å². The molecule has 0 saturated carbocycles. The van der Waals surface area contributed by atoms with E-state index in [1.54, 1.807) is 0 Å². The fraction of sp³-hybridized carbons (Fsp3) is 0.385. The lowest BCUT2D eigenvalue weighted by molar-refractivity contribution is -0.136. The van der Waals surface area contributed by atoms with Crippen molar-refractivity contribution in [3.05, 3.63) is 83.1 Å². The van der Waals surface area contributed by atoms with Gasteiger partial charge in [0, 0.05) is 18.8 Å². The maximum atomic E-state index is 12.8. The van der Waals surface area contributed by atoms with Gasteiger partial charge in [-0.1, -0.05) is 60.7 Å². The van der Waals surface area contributed by atoms with Crippen molar-refractivity contribution in [1.82, 2.24) is 10.2 Å². The monoisotopic (exact) mass is 435 g/mol. The summed E-state index contributed by atoms with van der Waals surface area (Å²) in [7, 11) is 1.42. The van der Waals surface area contributed by atoms with Gasteiger partial charge < -0.3 is 19.7 Å². The highest BCUT2D eigenvalue weighted by Gasteiger charge is 2.35. The number of aliphatic imine (C=N–C) groups is 1. The summed E-state index contributed by atoms with van der Waals surface area (Å²) in [6.45, 7) is 7.92. The fourth-order valence-electron chi connectivity index (χ4n) is 3.72. The molecule has 170 valence electrons. The van der Waals surface area contributed by atoms with Crippen LogP contribution in [0.2, 0.25) is 0 Å². The average Bonchev–Trinajstić information content (AvgIpc) is 2.81. The molecule has 6 heteroatoms. The second-order valence-corrected chi connectivity index (χ2v) is 8.03. The molecule has 0 saturated heterocycles. The van der Waals surface area contributed by atoms with Crippen molar-refractivity contribution in [3.8, 4) is 0 Å². The summed E-state index contributed by atoms with van der Waals surface area (Å²) in [6.07, 6.45) is 1.03. The largest absolute Gasteiger partial charge is 0.466 e. The van der Waals surface area contributed by atoms with E-state index in [-0.39, 0.29) is 18.1 Å². The van der Waals surface area contributed by atoms with Gasteiger partial charge in [0.25, 0.3) is 0 Å². The number of allylic oxidation sites excluding steroid dienone is 1. The van der Waals surface area contributed by atoms with Crippen LogP contribution in [0.4, 0.5) is 0 Å². The van der Waals surface area contributed by atoms with Crippen LogP contribution in [0.5, 0.6) is 0 Å². The minimum Gasteiger partial charge on any atom is -0.466 e. The number of hydrogen-bond acceptors (Lipinski definition) is 4. The van der Waals surface area contributed by atoms with Gasteiger partial charge in [-0.2, -0.15) is 0 Å². The zero-order valence-electron chi connectivity index (χ0n) is 19.4. The normalized spacial score (nSPS) is 17.6. The van der Waals surface area contributed by atoms with Crippen LogP contribution in [0, 0.1) is 0 Å². The molecule has 1 aliphatic rings. The number of esters is 1. The SMILES string of the molecule is COC(=O)C1=C(C)N(Cc2ccccc2)C(=NCCCOC(C)C)N[C@H]1c1ccccc1. The Morgan fingerprint density at radius 2 is 1.75 bits per heavy atom. The molecule has 6 nitrogen and oxygen atoms in total. The molecule has 0 spiro atoms. The Morgan fingerprint density at radius 1 is 1.09 bits per heavy atom. The molecule has 1 N–H and O–H groups in total. The van der Waals surface area contributed by atoms with Crippen LogP contribution in [0.15, 0.2) is 76.9 Å². The van der Waals surface area contributed by atoms with Gasteiger partial charge >= 0.3 is 5.97 Å². The number of carbonyl (C=O) groups is 1. The zero-order chi connectivity index (χ0) is 22.9. The predicted octanol–water partition coefficient (Wildman–Crippen LogP) is 4.45. The van der Waals surface area contributed by atoms with Crippen molar-refractivity contribution < 1.29 is 14.3 Å². The van der Waals surface area contributed by atoms with Crippen LogP contribution >= 0.6 is 0 Å². The van der Waals surface area contributed by atoms with Crippen LogP contribution in [0.25, 0.3) is 0 Å². The summed E-state index contributed by atoms with van der Waals surface area (Å²) in [4.78, 5) is 19.8. The molecule has 1 atom stereocenters. The molecular formula is C26H33N3O3. The lowest BCUT2D eigenvalue weighted by Gasteiger charge is -2.38. The zero-order valence-corrected chi connectivity index (χ0v) is 19.4. The van der Waals surface area contributed by atoms with E-state index in [4.69, 9.17) is 14.5 Å². The quantitative estimate of drug-likeness (QED) is 0.466. The standard InChI is InChI=1S/C26H33N3O3/c1-19(2)32-17-11-16-27-26-28-24(22-14-9-6-10-15-22)23(25(30)31-4)20(3)29(26)18-21-12-7-5-8-13-21/h5-10,12-15,19,24H,11,16-18H2,1-4H3,(H,27,28)/t24-/m0/s1. The van der Waals surface area contributed by atoms with Crippen LogP contribution in [0.3, 0.4) is 0 Å². The molecule has 0 aromatic heterocycles. The Bertz CT molecular complexity index is 939. The number of methoxy groups -OCH3 is 1. The Kier molecular flexibility index (Phi) is 8.45. The number of guanidine groups is 1. The minimum absolute atomic E-state index is 0.209. The van der Waals surface area contributed by atoms with Gasteiger partial charge in [-0.15, -0.1) is 0 Å². The molecule has 0 amide bonds. The van der Waals surface area contributed by atoms with E-state index >= 15 is 0 Å². The second kappa shape index (κ2) is 11.5. The van der Waals surface area contributed by atoms with Crippen LogP contribution < -0.4 is 5.32 Å². The van der Waals surface area contributed by atoms with Gasteiger partial charge in [0.05, 0.1) is 31.4 Å². The Hall–Kier alpha value is -3.12. The van der Waals surface area contributed by atoms with Crippen molar-refractivity contribution in [1.29, 1.82) is 0 Å². The highest BCUT2D eigenvalue weighted by molar-refractivity contribution is 5.96. The van der Waals surface area contributed by atoms with Crippen molar-refractivity contribution >= 4 is 11.9 Å². The van der Waals surface area contributed by atoms with Crippen molar-refractivity contribution in [3.63, 3.8) is 0 Å². The number of nitrogens with one attached hydrogen (secondary N) is 1. The van der Waals surface area contributed by atoms with E-state index in [1.165, 1.54) is 7.11 Å². The summed E-state index contributed by atoms with van der Waals surface area (Å²) in [6, 6.07) is 19.8. The molecule has 1 heterocycles. The third-order valence-electron chi connectivity index (χ3n) is 5.35. The highest BCUT2D eigenvalue weighted by Crippen LogP contribution is 2.32. The highest BCUT2D eigenvalue weighted by atomic mass is 16.5. The fourth-order valence-corrected chi connectivity index (χ4v) is 3.72. The number of carbonyl (C=O) groups excluding carboxylic acids is 1. The summed E-state index contributed by atoms with van der Waals surface area (Å²) < 4.78 is 10.8. The van der Waals surface area contributed by atoms with E-state index in [0.29, 0.717) is 25.3 Å². The number of rotatable bonds is 9. The van der Waals surface area contributed by atoms with Gasteiger partial charge in [0.2, 0.25) is 0 Å². The van der Waals surface area contributed by atoms with E-state index < -0.39 is 0 Å². The molecule has 0 fully saturated rings. The van der Waals surface area contributed by atoms with E-state index in [1.807, 2.05) is 69.3 Å². The van der Waals surface area contributed by atoms with Gasteiger partial charge in [0.1, 0.15) is 0 Å². The molecule has 0 bridgehead atoms. The first-order chi connectivity index (χ1) is 15.5. The van der Waals surface area contributed by atoms with Gasteiger partial charge in [-0.3, -0.25) is 4.99 Å². The summed E-state index contributed by atoms with van der Waals surface area (Å²) in [5, 5.41) is 3.51. The van der Waals surface area contributed by atoms with Gasteiger partial charge in [-0.25, -0.2) is 4.79 Å². The molecule has 0 aliphatic carbocycles. The van der Waals surface area contributed by atoms with E-state index in [0.717, 1.165) is 29.2 Å². The smallest absolute Gasteiger partial charge is 0.337 e. The van der Waals surface area contributed by atoms with Gasteiger partial charge in [-0.05, 0) is 38.3 Å². The second-order valence-electron chi connectivity index (χ2n) is 8.03. The van der Waals surface area contributed by atoms with Crippen LogP contribution in [-0.4, -0.2) is 43.2 Å². The molecule has 0 unspecified atom stereocenters. The lowest BCUT2D eigenvalue weighted by atomic mass is 9.94. The predicted molar refractivity (Wildman–Crippen MR) is 127 cm³/mol. The number of nitrogens with zero attached hydrogens (tertiary/aromatic N) is 2. The molecule has 3 rings (SSSR count). The topological polar surface area (TPSA) is 63.2 Å². The lowest BCUT2D eigenvalue weighted by Crippen LogP contribution is -2.48. The maximum Gasteiger partial charge on any atom is 0.337 e. The summed E-state index contributed by atoms with van der Waals surface area (Å²) in [5.74, 6) is 0.406. The average molecular weight is 436 g/mol. The first-order valence-electron chi connectivity index (χ1n) is 11.1. The summed E-state index contributed by atoms with van der Waals surface area (Å²) in [5.41, 5.74) is 3.55. The third kappa shape index (κ3) is 5.98. The number of ether oxygens (including phenoxy) is 2. The first kappa shape index (κ1) is 23.5. The number of benzene rings is 2. The number of hydrogen-bond donors (Lipinski definition) is 1. The Balaban J connectivity index is 1.97. The first-order valence-corrected chi connectivity index (χ1v) is 11.1. The maximum absolute atomic E-state index is 12.8. The van der Waals surface area contributed by atoms with Crippen LogP contribution in [0.1, 0.15) is 44.4 Å². The minimum atomic E-state index is -0.341. The molecule has 1 aliphatic heterocycles. The third-order valence-corrected chi connectivity index (χ3v) is 5.35. The molecule has 2 aromatic carbocycles. The Labute approximate surface area is 190 Å². The Morgan fingerprint density at radius 3 is 2.38 bits per heavy atom. The molecule has 2 aromatic rings. The van der Waals surface area contributed by atoms with Gasteiger partial charge in [0.15, 0.2) is 5.96 Å². The van der Waals surface area contributed by atoms with Crippen molar-refractivity contribution in [2.75, 3.05) is 20.3 Å². The van der Waals surface area contributed by atoms with E-state index in [2.05, 4.69) is 22.3 Å². The van der Waals surface area contributed by atoms with E-state index in [9.17, 15) is 4.79 Å². The molecule has 32 heavy (non-hydrogen) atoms. The van der Waals surface area contributed by atoms with Crippen molar-refractivity contribution in [2.24, 2.45) is 4.99 Å². The van der Waals surface area contributed by atoms with Crippen LogP contribution in [-0.2, 0) is 20.8 Å². The molecular weight excluding hydrogens is 402 g/mol.